The van der Waals surface area contributed by atoms with Crippen LogP contribution in [0.1, 0.15) is 25.0 Å². The summed E-state index contributed by atoms with van der Waals surface area (Å²) in [5.74, 6) is 0. The lowest BCUT2D eigenvalue weighted by atomic mass is 9.65. The van der Waals surface area contributed by atoms with E-state index in [9.17, 15) is 0 Å². The lowest BCUT2D eigenvalue weighted by molar-refractivity contribution is 0.647. The lowest BCUT2D eigenvalue weighted by Gasteiger charge is -2.39. The van der Waals surface area contributed by atoms with Crippen LogP contribution in [-0.4, -0.2) is 0 Å². The van der Waals surface area contributed by atoms with Gasteiger partial charge in [-0.1, -0.05) is 178 Å². The summed E-state index contributed by atoms with van der Waals surface area (Å²) in [6, 6.07) is 74.4. The Bertz CT molecular complexity index is 3460. The van der Waals surface area contributed by atoms with Crippen molar-refractivity contribution in [2.45, 2.75) is 19.3 Å². The molecule has 10 aromatic carbocycles. The fraction of sp³-hybridized carbons (Fsp3) is 0.0526. The number of rotatable bonds is 5. The topological polar surface area (TPSA) is 3.24 Å². The van der Waals surface area contributed by atoms with Gasteiger partial charge in [-0.2, -0.15) is 0 Å². The first-order valence-electron chi connectivity index (χ1n) is 20.5. The zero-order chi connectivity index (χ0) is 39.2. The van der Waals surface area contributed by atoms with Crippen LogP contribution in [0.3, 0.4) is 0 Å². The molecule has 0 N–H and O–H groups in total. The molecule has 2 heteroatoms. The number of nitrogens with zero attached hydrogens (tertiary/aromatic N) is 1. The molecule has 0 fully saturated rings. The molecule has 0 aliphatic heterocycles. The van der Waals surface area contributed by atoms with Crippen molar-refractivity contribution >= 4 is 80.9 Å². The Labute approximate surface area is 348 Å². The molecule has 1 aromatic heterocycles. The minimum atomic E-state index is -0.280. The molecule has 0 amide bonds. The van der Waals surface area contributed by atoms with Gasteiger partial charge in [0.15, 0.2) is 0 Å². The molecule has 0 unspecified atom stereocenters. The monoisotopic (exact) mass is 769 g/mol. The van der Waals surface area contributed by atoms with E-state index < -0.39 is 0 Å². The van der Waals surface area contributed by atoms with Crippen molar-refractivity contribution in [3.63, 3.8) is 0 Å². The Hall–Kier alpha value is -7.00. The average Bonchev–Trinajstić information content (AvgIpc) is 3.68. The quantitative estimate of drug-likeness (QED) is 0.158. The Morgan fingerprint density at radius 2 is 1.07 bits per heavy atom. The number of thiophene rings is 1. The highest BCUT2D eigenvalue weighted by atomic mass is 32.1. The normalized spacial score (nSPS) is 13.1. The molecule has 11 aromatic rings. The van der Waals surface area contributed by atoms with Crippen LogP contribution in [0.25, 0.3) is 85.9 Å². The number of benzene rings is 10. The second kappa shape index (κ2) is 13.0. The Morgan fingerprint density at radius 1 is 0.424 bits per heavy atom. The minimum absolute atomic E-state index is 0.280. The third-order valence-electron chi connectivity index (χ3n) is 12.8. The summed E-state index contributed by atoms with van der Waals surface area (Å²) >= 11 is 1.89. The Kier molecular flexibility index (Phi) is 7.51. The van der Waals surface area contributed by atoms with E-state index in [-0.39, 0.29) is 5.41 Å². The van der Waals surface area contributed by atoms with Gasteiger partial charge in [0.1, 0.15) is 0 Å². The van der Waals surface area contributed by atoms with E-state index in [1.165, 1.54) is 108 Å². The fourth-order valence-electron chi connectivity index (χ4n) is 10.2. The molecule has 0 saturated carbocycles. The molecule has 1 nitrogen and oxygen atoms in total. The van der Waals surface area contributed by atoms with E-state index in [2.05, 4.69) is 219 Å². The molecule has 1 aliphatic rings. The third-order valence-corrected chi connectivity index (χ3v) is 14.0. The van der Waals surface area contributed by atoms with Crippen LogP contribution < -0.4 is 4.90 Å². The maximum Gasteiger partial charge on any atom is 0.0640 e. The van der Waals surface area contributed by atoms with Gasteiger partial charge in [-0.05, 0) is 108 Å². The minimum Gasteiger partial charge on any atom is -0.308 e. The first-order valence-corrected chi connectivity index (χ1v) is 21.3. The summed E-state index contributed by atoms with van der Waals surface area (Å²) in [6.45, 7) is 4.86. The summed E-state index contributed by atoms with van der Waals surface area (Å²) in [5, 5.41) is 10.3. The van der Waals surface area contributed by atoms with Gasteiger partial charge in [0.2, 0.25) is 0 Å². The van der Waals surface area contributed by atoms with Crippen LogP contribution in [-0.2, 0) is 5.41 Å². The SMILES string of the molecule is CC1(C)c2c(-c3cc4ccccc4c4ccccc34)cccc2-c2c(N(c3ccc(-c4ccccc4)cc3)c3cccc4c3sc3ccccc34)ccc3cccc1c23. The first kappa shape index (κ1) is 34.1. The van der Waals surface area contributed by atoms with Crippen molar-refractivity contribution in [3.8, 4) is 33.4 Å². The van der Waals surface area contributed by atoms with Crippen molar-refractivity contribution in [2.24, 2.45) is 0 Å². The van der Waals surface area contributed by atoms with E-state index in [0.717, 1.165) is 5.69 Å². The molecule has 59 heavy (non-hydrogen) atoms. The zero-order valence-electron chi connectivity index (χ0n) is 32.9. The molecule has 1 aliphatic carbocycles. The van der Waals surface area contributed by atoms with Crippen LogP contribution in [0.2, 0.25) is 0 Å². The standard InChI is InChI=1S/C57H39NS/c1-57(2)49-26-12-18-38-31-34-50(54(53(38)49)47-25-13-23-45(55(47)57)48-35-39-17-6-7-19-41(39)42-20-8-9-21-43(42)48)58(40-32-29-37(30-33-40)36-15-4-3-5-16-36)51-27-14-24-46-44-22-10-11-28-52(44)59-56(46)51/h3-35H,1-2H3. The lowest BCUT2D eigenvalue weighted by Crippen LogP contribution is -2.25. The van der Waals surface area contributed by atoms with Crippen molar-refractivity contribution in [3.05, 3.63) is 211 Å². The van der Waals surface area contributed by atoms with Gasteiger partial charge in [0.05, 0.1) is 16.1 Å². The molecular weight excluding hydrogens is 731 g/mol. The summed E-state index contributed by atoms with van der Waals surface area (Å²) in [7, 11) is 0. The number of hydrogen-bond donors (Lipinski definition) is 0. The van der Waals surface area contributed by atoms with E-state index in [1.54, 1.807) is 0 Å². The summed E-state index contributed by atoms with van der Waals surface area (Å²) in [5.41, 5.74) is 13.5. The predicted molar refractivity (Wildman–Crippen MR) is 255 cm³/mol. The number of hydrogen-bond acceptors (Lipinski definition) is 2. The Morgan fingerprint density at radius 3 is 1.92 bits per heavy atom. The molecule has 0 atom stereocenters. The third kappa shape index (κ3) is 5.10. The van der Waals surface area contributed by atoms with Crippen LogP contribution in [0.4, 0.5) is 17.1 Å². The molecule has 0 spiro atoms. The smallest absolute Gasteiger partial charge is 0.0640 e. The van der Waals surface area contributed by atoms with Gasteiger partial charge in [-0.15, -0.1) is 11.3 Å². The van der Waals surface area contributed by atoms with E-state index in [0.29, 0.717) is 0 Å². The second-order valence-corrected chi connectivity index (χ2v) is 17.5. The van der Waals surface area contributed by atoms with E-state index in [1.807, 2.05) is 11.3 Å². The van der Waals surface area contributed by atoms with Gasteiger partial charge in [0, 0.05) is 32.1 Å². The summed E-state index contributed by atoms with van der Waals surface area (Å²) in [4.78, 5) is 2.54. The van der Waals surface area contributed by atoms with E-state index >= 15 is 0 Å². The predicted octanol–water partition coefficient (Wildman–Crippen LogP) is 16.6. The summed E-state index contributed by atoms with van der Waals surface area (Å²) < 4.78 is 2.59. The highest BCUT2D eigenvalue weighted by Gasteiger charge is 2.38. The summed E-state index contributed by atoms with van der Waals surface area (Å²) in [6.07, 6.45) is 0. The number of anilines is 3. The molecule has 0 saturated heterocycles. The van der Waals surface area contributed by atoms with Crippen LogP contribution in [0.15, 0.2) is 200 Å². The molecule has 12 rings (SSSR count). The van der Waals surface area contributed by atoms with Crippen molar-refractivity contribution in [1.82, 2.24) is 0 Å². The Balaban J connectivity index is 1.18. The van der Waals surface area contributed by atoms with Crippen LogP contribution in [0, 0.1) is 0 Å². The van der Waals surface area contributed by atoms with E-state index in [4.69, 9.17) is 0 Å². The van der Waals surface area contributed by atoms with Crippen molar-refractivity contribution in [2.75, 3.05) is 4.90 Å². The highest BCUT2D eigenvalue weighted by Crippen LogP contribution is 2.57. The van der Waals surface area contributed by atoms with Crippen LogP contribution in [0.5, 0.6) is 0 Å². The molecule has 0 bridgehead atoms. The van der Waals surface area contributed by atoms with Gasteiger partial charge >= 0.3 is 0 Å². The molecule has 0 radical (unpaired) electrons. The van der Waals surface area contributed by atoms with Gasteiger partial charge in [-0.25, -0.2) is 0 Å². The van der Waals surface area contributed by atoms with Crippen LogP contribution >= 0.6 is 11.3 Å². The first-order chi connectivity index (χ1) is 29.0. The van der Waals surface area contributed by atoms with Crippen molar-refractivity contribution < 1.29 is 0 Å². The second-order valence-electron chi connectivity index (χ2n) is 16.4. The maximum absolute atomic E-state index is 2.54. The molecular formula is C57H39NS. The molecule has 1 heterocycles. The van der Waals surface area contributed by atoms with Gasteiger partial charge in [0.25, 0.3) is 0 Å². The van der Waals surface area contributed by atoms with Gasteiger partial charge < -0.3 is 4.90 Å². The van der Waals surface area contributed by atoms with Crippen molar-refractivity contribution in [1.29, 1.82) is 0 Å². The average molecular weight is 770 g/mol. The maximum atomic E-state index is 2.54. The highest BCUT2D eigenvalue weighted by molar-refractivity contribution is 7.26. The number of fused-ring (bicyclic) bond motifs is 8. The molecule has 278 valence electrons. The van der Waals surface area contributed by atoms with Gasteiger partial charge in [-0.3, -0.25) is 0 Å². The largest absolute Gasteiger partial charge is 0.308 e. The fourth-order valence-corrected chi connectivity index (χ4v) is 11.4. The zero-order valence-corrected chi connectivity index (χ0v) is 33.7.